The fourth-order valence-corrected chi connectivity index (χ4v) is 2.51. The second-order valence-corrected chi connectivity index (χ2v) is 5.92. The zero-order valence-corrected chi connectivity index (χ0v) is 13.6. The van der Waals surface area contributed by atoms with E-state index in [1.54, 1.807) is 37.3 Å². The third kappa shape index (κ3) is 3.37. The van der Waals surface area contributed by atoms with Gasteiger partial charge in [0.25, 0.3) is 5.91 Å². The van der Waals surface area contributed by atoms with Gasteiger partial charge in [0.15, 0.2) is 0 Å². The first-order valence-corrected chi connectivity index (χ1v) is 8.14. The highest BCUT2D eigenvalue weighted by atomic mass is 79.9. The number of pyridine rings is 2. The van der Waals surface area contributed by atoms with Gasteiger partial charge in [-0.15, -0.1) is 0 Å². The van der Waals surface area contributed by atoms with Crippen molar-refractivity contribution in [2.24, 2.45) is 0 Å². The second-order valence-electron chi connectivity index (χ2n) is 4.14. The van der Waals surface area contributed by atoms with Crippen molar-refractivity contribution in [3.63, 3.8) is 0 Å². The molecule has 0 saturated heterocycles. The minimum absolute atomic E-state index is 0.149. The molecule has 0 aliphatic carbocycles. The van der Waals surface area contributed by atoms with Crippen LogP contribution in [0.1, 0.15) is 16.1 Å². The quantitative estimate of drug-likeness (QED) is 0.846. The summed E-state index contributed by atoms with van der Waals surface area (Å²) in [5, 5.41) is 0. The Hall–Kier alpha value is -1.40. The van der Waals surface area contributed by atoms with E-state index >= 15 is 0 Å². The molecule has 0 fully saturated rings. The Bertz CT molecular complexity index is 604. The predicted molar refractivity (Wildman–Crippen MR) is 86.1 cm³/mol. The van der Waals surface area contributed by atoms with Crippen LogP contribution in [0.3, 0.4) is 0 Å². The Balaban J connectivity index is 2.29. The Kier molecular flexibility index (Phi) is 5.14. The molecule has 2 heterocycles. The van der Waals surface area contributed by atoms with E-state index in [9.17, 15) is 4.79 Å². The summed E-state index contributed by atoms with van der Waals surface area (Å²) < 4.78 is 0.878. The highest BCUT2D eigenvalue weighted by Gasteiger charge is 2.18. The van der Waals surface area contributed by atoms with Crippen molar-refractivity contribution in [3.8, 4) is 0 Å². The normalized spacial score (nSPS) is 10.3. The average Bonchev–Trinajstić information content (AvgIpc) is 2.47. The number of carbonyl (C=O) groups is 1. The molecule has 0 atom stereocenters. The number of halogens is 1. The standard InChI is InChI=1S/C14H14BrN3OS/c1-18(12-6-5-11(15)8-17-12)14(19)13-10(9-20-2)4-3-7-16-13/h3-8H,9H2,1-2H3. The van der Waals surface area contributed by atoms with Crippen LogP contribution in [-0.2, 0) is 5.75 Å². The Morgan fingerprint density at radius 2 is 2.15 bits per heavy atom. The molecule has 1 amide bonds. The third-order valence-electron chi connectivity index (χ3n) is 2.75. The molecule has 0 aliphatic heterocycles. The molecule has 0 spiro atoms. The Labute approximate surface area is 130 Å². The predicted octanol–water partition coefficient (Wildman–Crippen LogP) is 3.38. The van der Waals surface area contributed by atoms with Crippen LogP contribution in [0, 0.1) is 0 Å². The number of amides is 1. The van der Waals surface area contributed by atoms with Crippen LogP contribution in [0.25, 0.3) is 0 Å². The highest BCUT2D eigenvalue weighted by molar-refractivity contribution is 9.10. The maximum Gasteiger partial charge on any atom is 0.278 e. The summed E-state index contributed by atoms with van der Waals surface area (Å²) in [7, 11) is 1.70. The number of hydrogen-bond donors (Lipinski definition) is 0. The van der Waals surface area contributed by atoms with Gasteiger partial charge in [0.1, 0.15) is 11.5 Å². The molecule has 0 aliphatic rings. The van der Waals surface area contributed by atoms with Gasteiger partial charge in [-0.25, -0.2) is 4.98 Å². The maximum atomic E-state index is 12.5. The first-order valence-electron chi connectivity index (χ1n) is 5.96. The van der Waals surface area contributed by atoms with Gasteiger partial charge in [0.05, 0.1) is 0 Å². The van der Waals surface area contributed by atoms with Gasteiger partial charge in [-0.3, -0.25) is 14.7 Å². The molecule has 0 bridgehead atoms. The van der Waals surface area contributed by atoms with Gasteiger partial charge < -0.3 is 0 Å². The molecular formula is C14H14BrN3OS. The monoisotopic (exact) mass is 351 g/mol. The van der Waals surface area contributed by atoms with E-state index in [0.717, 1.165) is 15.8 Å². The number of anilines is 1. The maximum absolute atomic E-state index is 12.5. The smallest absolute Gasteiger partial charge is 0.278 e. The lowest BCUT2D eigenvalue weighted by molar-refractivity contribution is 0.0987. The van der Waals surface area contributed by atoms with Crippen LogP contribution in [0.2, 0.25) is 0 Å². The van der Waals surface area contributed by atoms with Crippen molar-refractivity contribution in [2.45, 2.75) is 5.75 Å². The number of rotatable bonds is 4. The number of hydrogen-bond acceptors (Lipinski definition) is 4. The van der Waals surface area contributed by atoms with Gasteiger partial charge in [-0.1, -0.05) is 6.07 Å². The Morgan fingerprint density at radius 1 is 1.35 bits per heavy atom. The largest absolute Gasteiger partial charge is 0.294 e. The van der Waals surface area contributed by atoms with Crippen LogP contribution >= 0.6 is 27.7 Å². The number of carbonyl (C=O) groups excluding carboxylic acids is 1. The van der Waals surface area contributed by atoms with E-state index in [1.807, 2.05) is 24.5 Å². The van der Waals surface area contributed by atoms with Crippen molar-refractivity contribution in [3.05, 3.63) is 52.4 Å². The number of aromatic nitrogens is 2. The molecule has 4 nitrogen and oxygen atoms in total. The number of nitrogens with zero attached hydrogens (tertiary/aromatic N) is 3. The van der Waals surface area contributed by atoms with Crippen molar-refractivity contribution in [2.75, 3.05) is 18.2 Å². The van der Waals surface area contributed by atoms with E-state index in [-0.39, 0.29) is 5.91 Å². The molecule has 104 valence electrons. The van der Waals surface area contributed by atoms with Crippen molar-refractivity contribution in [1.82, 2.24) is 9.97 Å². The van der Waals surface area contributed by atoms with Crippen LogP contribution in [0.4, 0.5) is 5.82 Å². The van der Waals surface area contributed by atoms with Crippen molar-refractivity contribution < 1.29 is 4.79 Å². The van der Waals surface area contributed by atoms with Gasteiger partial charge >= 0.3 is 0 Å². The molecule has 0 aromatic carbocycles. The lowest BCUT2D eigenvalue weighted by Crippen LogP contribution is -2.28. The Morgan fingerprint density at radius 3 is 2.80 bits per heavy atom. The zero-order valence-electron chi connectivity index (χ0n) is 11.2. The fourth-order valence-electron chi connectivity index (χ4n) is 1.73. The second kappa shape index (κ2) is 6.85. The van der Waals surface area contributed by atoms with Crippen molar-refractivity contribution in [1.29, 1.82) is 0 Å². The van der Waals surface area contributed by atoms with Gasteiger partial charge in [-0.2, -0.15) is 11.8 Å². The van der Waals surface area contributed by atoms with E-state index in [1.165, 1.54) is 4.90 Å². The van der Waals surface area contributed by atoms with Crippen LogP contribution < -0.4 is 4.90 Å². The van der Waals surface area contributed by atoms with Crippen LogP contribution in [-0.4, -0.2) is 29.2 Å². The average molecular weight is 352 g/mol. The molecule has 2 aromatic rings. The van der Waals surface area contributed by atoms with Crippen LogP contribution in [0.15, 0.2) is 41.1 Å². The minimum atomic E-state index is -0.149. The first-order chi connectivity index (χ1) is 9.63. The van der Waals surface area contributed by atoms with Gasteiger partial charge in [0.2, 0.25) is 0 Å². The molecule has 0 N–H and O–H groups in total. The van der Waals surface area contributed by atoms with E-state index < -0.39 is 0 Å². The van der Waals surface area contributed by atoms with E-state index in [4.69, 9.17) is 0 Å². The molecule has 2 rings (SSSR count). The van der Waals surface area contributed by atoms with Gasteiger partial charge in [0, 0.05) is 29.7 Å². The molecular weight excluding hydrogens is 338 g/mol. The zero-order chi connectivity index (χ0) is 14.5. The topological polar surface area (TPSA) is 46.1 Å². The molecule has 0 saturated carbocycles. The van der Waals surface area contributed by atoms with E-state index in [2.05, 4.69) is 25.9 Å². The lowest BCUT2D eigenvalue weighted by Gasteiger charge is -2.17. The minimum Gasteiger partial charge on any atom is -0.294 e. The fraction of sp³-hybridized carbons (Fsp3) is 0.214. The van der Waals surface area contributed by atoms with E-state index in [0.29, 0.717) is 11.5 Å². The first kappa shape index (κ1) is 15.0. The summed E-state index contributed by atoms with van der Waals surface area (Å²) in [5.74, 6) is 1.21. The third-order valence-corrected chi connectivity index (χ3v) is 3.82. The molecule has 0 unspecified atom stereocenters. The number of thioether (sulfide) groups is 1. The molecule has 2 aromatic heterocycles. The summed E-state index contributed by atoms with van der Waals surface area (Å²) in [6.07, 6.45) is 5.31. The summed E-state index contributed by atoms with van der Waals surface area (Å²) in [4.78, 5) is 22.5. The van der Waals surface area contributed by atoms with Gasteiger partial charge in [-0.05, 0) is 45.9 Å². The van der Waals surface area contributed by atoms with Crippen LogP contribution in [0.5, 0.6) is 0 Å². The summed E-state index contributed by atoms with van der Waals surface area (Å²) in [5.41, 5.74) is 1.42. The summed E-state index contributed by atoms with van der Waals surface area (Å²) in [6.45, 7) is 0. The summed E-state index contributed by atoms with van der Waals surface area (Å²) in [6, 6.07) is 7.42. The molecule has 6 heteroatoms. The summed E-state index contributed by atoms with van der Waals surface area (Å²) >= 11 is 4.99. The van der Waals surface area contributed by atoms with Crippen molar-refractivity contribution >= 4 is 39.4 Å². The lowest BCUT2D eigenvalue weighted by atomic mass is 10.2. The highest BCUT2D eigenvalue weighted by Crippen LogP contribution is 2.18. The molecule has 0 radical (unpaired) electrons. The SMILES string of the molecule is CSCc1cccnc1C(=O)N(C)c1ccc(Br)cn1. The molecule has 20 heavy (non-hydrogen) atoms.